The minimum Gasteiger partial charge on any atom is -0.496 e. The zero-order valence-corrected chi connectivity index (χ0v) is 17.7. The van der Waals surface area contributed by atoms with Gasteiger partial charge in [0.15, 0.2) is 5.60 Å². The van der Waals surface area contributed by atoms with Gasteiger partial charge in [0.2, 0.25) is 0 Å². The number of halogens is 3. The highest BCUT2D eigenvalue weighted by Crippen LogP contribution is 2.56. The second-order valence-corrected chi connectivity index (χ2v) is 8.64. The van der Waals surface area contributed by atoms with E-state index in [9.17, 15) is 18.3 Å². The molecule has 2 aromatic carbocycles. The lowest BCUT2D eigenvalue weighted by Crippen LogP contribution is -2.58. The van der Waals surface area contributed by atoms with Crippen molar-refractivity contribution in [3.63, 3.8) is 0 Å². The van der Waals surface area contributed by atoms with Crippen LogP contribution in [0.5, 0.6) is 5.75 Å². The second kappa shape index (κ2) is 7.09. The molecule has 0 radical (unpaired) electrons. The first-order valence-electron chi connectivity index (χ1n) is 9.93. The predicted octanol–water partition coefficient (Wildman–Crippen LogP) is 5.07. The van der Waals surface area contributed by atoms with Gasteiger partial charge in [-0.3, -0.25) is 0 Å². The number of methoxy groups -OCH3 is 1. The van der Waals surface area contributed by atoms with Crippen LogP contribution in [0.2, 0.25) is 0 Å². The van der Waals surface area contributed by atoms with Crippen LogP contribution in [0.15, 0.2) is 42.6 Å². The summed E-state index contributed by atoms with van der Waals surface area (Å²) in [5, 5.41) is 14.7. The Balaban J connectivity index is 1.94. The molecule has 1 heterocycles. The molecule has 0 saturated heterocycles. The van der Waals surface area contributed by atoms with Crippen molar-refractivity contribution >= 4 is 16.6 Å². The molecule has 2 N–H and O–H groups in total. The van der Waals surface area contributed by atoms with Crippen LogP contribution in [0.3, 0.4) is 0 Å². The number of aliphatic hydroxyl groups is 1. The van der Waals surface area contributed by atoms with Crippen LogP contribution in [0.4, 0.5) is 18.9 Å². The van der Waals surface area contributed by atoms with Gasteiger partial charge in [-0.2, -0.15) is 13.2 Å². The largest absolute Gasteiger partial charge is 0.496 e. The number of nitrogens with one attached hydrogen (secondary N) is 1. The van der Waals surface area contributed by atoms with Gasteiger partial charge in [-0.05, 0) is 42.5 Å². The summed E-state index contributed by atoms with van der Waals surface area (Å²) < 4.78 is 48.4. The van der Waals surface area contributed by atoms with E-state index in [0.717, 1.165) is 0 Å². The maximum atomic E-state index is 14.3. The highest BCUT2D eigenvalue weighted by molar-refractivity contribution is 5.91. The van der Waals surface area contributed by atoms with Crippen molar-refractivity contribution in [2.24, 2.45) is 0 Å². The number of rotatable bonds is 3. The highest BCUT2D eigenvalue weighted by Gasteiger charge is 2.64. The molecule has 0 saturated carbocycles. The molecule has 0 fully saturated rings. The fourth-order valence-electron chi connectivity index (χ4n) is 4.69. The Bertz CT molecular complexity index is 1150. The Morgan fingerprint density at radius 3 is 2.55 bits per heavy atom. The van der Waals surface area contributed by atoms with Crippen molar-refractivity contribution in [2.75, 3.05) is 12.4 Å². The van der Waals surface area contributed by atoms with Crippen molar-refractivity contribution < 1.29 is 23.0 Å². The van der Waals surface area contributed by atoms with E-state index in [0.29, 0.717) is 39.3 Å². The molecule has 1 aromatic heterocycles. The number of nitrogens with zero attached hydrogens (tertiary/aromatic N) is 2. The molecular weight excluding hydrogens is 407 g/mol. The highest BCUT2D eigenvalue weighted by atomic mass is 19.4. The van der Waals surface area contributed by atoms with Gasteiger partial charge < -0.3 is 15.2 Å². The Morgan fingerprint density at radius 2 is 1.87 bits per heavy atom. The molecule has 0 aliphatic heterocycles. The van der Waals surface area contributed by atoms with Gasteiger partial charge in [-0.1, -0.05) is 32.0 Å². The molecule has 0 bridgehead atoms. The quantitative estimate of drug-likeness (QED) is 0.606. The summed E-state index contributed by atoms with van der Waals surface area (Å²) in [6, 6.07) is 8.67. The van der Waals surface area contributed by atoms with E-state index in [2.05, 4.69) is 15.3 Å². The van der Waals surface area contributed by atoms with E-state index in [-0.39, 0.29) is 0 Å². The van der Waals surface area contributed by atoms with Crippen LogP contribution >= 0.6 is 0 Å². The van der Waals surface area contributed by atoms with Gasteiger partial charge in [-0.25, -0.2) is 9.97 Å². The Kier molecular flexibility index (Phi) is 4.88. The molecule has 0 spiro atoms. The third kappa shape index (κ3) is 3.39. The maximum Gasteiger partial charge on any atom is 0.419 e. The average Bonchev–Trinajstić information content (AvgIpc) is 2.69. The zero-order chi connectivity index (χ0) is 22.6. The van der Waals surface area contributed by atoms with Crippen molar-refractivity contribution in [1.29, 1.82) is 0 Å². The smallest absolute Gasteiger partial charge is 0.419 e. The van der Waals surface area contributed by atoms with Crippen molar-refractivity contribution in [3.05, 3.63) is 59.5 Å². The van der Waals surface area contributed by atoms with Crippen LogP contribution in [-0.2, 0) is 5.41 Å². The number of anilines is 1. The molecule has 31 heavy (non-hydrogen) atoms. The zero-order valence-electron chi connectivity index (χ0n) is 17.7. The van der Waals surface area contributed by atoms with Gasteiger partial charge in [-0.15, -0.1) is 0 Å². The molecule has 5 nitrogen and oxygen atoms in total. The molecule has 4 rings (SSSR count). The molecular formula is C23H24F3N3O2. The van der Waals surface area contributed by atoms with Gasteiger partial charge in [0.05, 0.1) is 18.7 Å². The van der Waals surface area contributed by atoms with Crippen LogP contribution in [0.1, 0.15) is 43.3 Å². The van der Waals surface area contributed by atoms with Gasteiger partial charge in [0.1, 0.15) is 11.6 Å². The van der Waals surface area contributed by atoms with E-state index in [4.69, 9.17) is 4.74 Å². The lowest BCUT2D eigenvalue weighted by Gasteiger charge is -2.49. The number of alkyl halides is 3. The first kappa shape index (κ1) is 21.4. The topological polar surface area (TPSA) is 67.3 Å². The Morgan fingerprint density at radius 1 is 1.16 bits per heavy atom. The number of ether oxygens (including phenoxy) is 1. The average molecular weight is 431 g/mol. The second-order valence-electron chi connectivity index (χ2n) is 8.64. The summed E-state index contributed by atoms with van der Waals surface area (Å²) in [5.74, 6) is 1.06. The predicted molar refractivity (Wildman–Crippen MR) is 112 cm³/mol. The van der Waals surface area contributed by atoms with Gasteiger partial charge in [0.25, 0.3) is 0 Å². The standard InChI is InChI=1S/C23H24F3N3O2/c1-13-27-11-15-16(28-13)8-6-9-17(15)29-20-14-7-5-10-18(31-4)19(14)21(2,3)12-22(20,30)23(24,25)26/h5-11,20,29-30H,12H2,1-4H3/t20-,22+/m1/s1. The lowest BCUT2D eigenvalue weighted by atomic mass is 9.63. The SMILES string of the molecule is COc1cccc2c1C(C)(C)C[C@@](O)(C(F)(F)F)[C@@H]2Nc1cccc2nc(C)ncc12. The minimum atomic E-state index is -4.86. The first-order valence-corrected chi connectivity index (χ1v) is 9.93. The molecule has 2 atom stereocenters. The first-order chi connectivity index (χ1) is 14.5. The van der Waals surface area contributed by atoms with Crippen molar-refractivity contribution in [3.8, 4) is 5.75 Å². The number of benzene rings is 2. The lowest BCUT2D eigenvalue weighted by molar-refractivity contribution is -0.275. The fourth-order valence-corrected chi connectivity index (χ4v) is 4.69. The molecule has 164 valence electrons. The summed E-state index contributed by atoms with van der Waals surface area (Å²) in [6.07, 6.45) is -3.80. The van der Waals surface area contributed by atoms with E-state index >= 15 is 0 Å². The van der Waals surface area contributed by atoms with Gasteiger partial charge >= 0.3 is 6.18 Å². The van der Waals surface area contributed by atoms with E-state index in [1.54, 1.807) is 63.4 Å². The summed E-state index contributed by atoms with van der Waals surface area (Å²) in [6.45, 7) is 5.12. The van der Waals surface area contributed by atoms with E-state index in [1.165, 1.54) is 7.11 Å². The van der Waals surface area contributed by atoms with Crippen LogP contribution < -0.4 is 10.1 Å². The third-order valence-electron chi connectivity index (χ3n) is 5.99. The minimum absolute atomic E-state index is 0.348. The molecule has 1 aliphatic carbocycles. The Hall–Kier alpha value is -2.87. The third-order valence-corrected chi connectivity index (χ3v) is 5.99. The number of aryl methyl sites for hydroxylation is 1. The maximum absolute atomic E-state index is 14.3. The number of fused-ring (bicyclic) bond motifs is 2. The molecule has 0 amide bonds. The fraction of sp³-hybridized carbons (Fsp3) is 0.391. The van der Waals surface area contributed by atoms with E-state index in [1.807, 2.05) is 0 Å². The molecule has 3 aromatic rings. The van der Waals surface area contributed by atoms with Crippen LogP contribution in [-0.4, -0.2) is 34.0 Å². The van der Waals surface area contributed by atoms with Gasteiger partial charge in [0, 0.05) is 22.8 Å². The Labute approximate surface area is 178 Å². The summed E-state index contributed by atoms with van der Waals surface area (Å²) in [4.78, 5) is 8.54. The normalized spacial score (nSPS) is 22.8. The van der Waals surface area contributed by atoms with Crippen molar-refractivity contribution in [2.45, 2.75) is 50.4 Å². The summed E-state index contributed by atoms with van der Waals surface area (Å²) >= 11 is 0. The molecule has 0 unspecified atom stereocenters. The summed E-state index contributed by atoms with van der Waals surface area (Å²) in [7, 11) is 1.49. The van der Waals surface area contributed by atoms with Crippen molar-refractivity contribution in [1.82, 2.24) is 9.97 Å². The number of hydrogen-bond donors (Lipinski definition) is 2. The van der Waals surface area contributed by atoms with Crippen LogP contribution in [0, 0.1) is 6.92 Å². The van der Waals surface area contributed by atoms with Crippen LogP contribution in [0.25, 0.3) is 10.9 Å². The summed E-state index contributed by atoms with van der Waals surface area (Å²) in [5.41, 5.74) is -1.95. The monoisotopic (exact) mass is 431 g/mol. The van der Waals surface area contributed by atoms with E-state index < -0.39 is 29.7 Å². The molecule has 1 aliphatic rings. The molecule has 8 heteroatoms. The number of hydrogen-bond acceptors (Lipinski definition) is 5. The number of aromatic nitrogens is 2.